The number of aryl methyl sites for hydroxylation is 1. The highest BCUT2D eigenvalue weighted by atomic mass is 35.5. The summed E-state index contributed by atoms with van der Waals surface area (Å²) >= 11 is 6.03. The third kappa shape index (κ3) is 4.60. The molecule has 1 heterocycles. The Morgan fingerprint density at radius 3 is 2.52 bits per heavy atom. The molecule has 0 atom stereocenters. The number of anilines is 1. The van der Waals surface area contributed by atoms with Crippen molar-refractivity contribution < 1.29 is 18.1 Å². The predicted molar refractivity (Wildman–Crippen MR) is 114 cm³/mol. The Hall–Kier alpha value is -2.43. The van der Waals surface area contributed by atoms with Crippen molar-refractivity contribution in [2.24, 2.45) is 0 Å². The fourth-order valence-electron chi connectivity index (χ4n) is 2.81. The standard InChI is InChI=1S/C21H20ClF2N2O2P/c1-12-4-7-17(23)20(22)16(12)11-28-19-8-13(10-26-21(19)25)15-6-5-14(9-18(15)24)29(2,3)27/h4-10H,11H2,1-3H3,(H2,25,26). The van der Waals surface area contributed by atoms with E-state index in [4.69, 9.17) is 22.1 Å². The second-order valence-electron chi connectivity index (χ2n) is 7.07. The van der Waals surface area contributed by atoms with Gasteiger partial charge in [-0.05, 0) is 44.0 Å². The highest BCUT2D eigenvalue weighted by Crippen LogP contribution is 2.36. The number of pyridine rings is 1. The fraction of sp³-hybridized carbons (Fsp3) is 0.190. The molecular formula is C21H20ClF2N2O2P. The van der Waals surface area contributed by atoms with E-state index in [1.165, 1.54) is 18.3 Å². The molecule has 0 radical (unpaired) electrons. The monoisotopic (exact) mass is 436 g/mol. The van der Waals surface area contributed by atoms with E-state index in [0.717, 1.165) is 5.56 Å². The van der Waals surface area contributed by atoms with Crippen molar-refractivity contribution in [3.8, 4) is 16.9 Å². The lowest BCUT2D eigenvalue weighted by molar-refractivity contribution is 0.305. The Kier molecular flexibility index (Phi) is 5.97. The van der Waals surface area contributed by atoms with Gasteiger partial charge in [0.15, 0.2) is 11.6 Å². The second-order valence-corrected chi connectivity index (χ2v) is 10.7. The summed E-state index contributed by atoms with van der Waals surface area (Å²) in [7, 11) is -2.58. The van der Waals surface area contributed by atoms with Gasteiger partial charge in [0.1, 0.15) is 25.4 Å². The Morgan fingerprint density at radius 2 is 1.86 bits per heavy atom. The van der Waals surface area contributed by atoms with Crippen LogP contribution >= 0.6 is 18.7 Å². The van der Waals surface area contributed by atoms with Crippen LogP contribution < -0.4 is 15.8 Å². The Labute approximate surface area is 173 Å². The molecule has 152 valence electrons. The molecule has 8 heteroatoms. The van der Waals surface area contributed by atoms with Gasteiger partial charge in [-0.3, -0.25) is 0 Å². The number of ether oxygens (including phenoxy) is 1. The minimum Gasteiger partial charge on any atom is -0.485 e. The summed E-state index contributed by atoms with van der Waals surface area (Å²) in [6.45, 7) is 4.93. The van der Waals surface area contributed by atoms with Crippen LogP contribution in [0.4, 0.5) is 14.6 Å². The zero-order chi connectivity index (χ0) is 21.3. The third-order valence-electron chi connectivity index (χ3n) is 4.57. The van der Waals surface area contributed by atoms with E-state index in [1.54, 1.807) is 44.5 Å². The highest BCUT2D eigenvalue weighted by Gasteiger charge is 2.16. The van der Waals surface area contributed by atoms with E-state index in [0.29, 0.717) is 16.4 Å². The molecule has 0 spiro atoms. The molecule has 2 N–H and O–H groups in total. The van der Waals surface area contributed by atoms with Gasteiger partial charge in [-0.15, -0.1) is 0 Å². The van der Waals surface area contributed by atoms with Crippen LogP contribution in [0.5, 0.6) is 5.75 Å². The first-order valence-corrected chi connectivity index (χ1v) is 11.7. The lowest BCUT2D eigenvalue weighted by Crippen LogP contribution is -2.05. The SMILES string of the molecule is Cc1ccc(F)c(Cl)c1COc1cc(-c2ccc(P(C)(C)=O)cc2F)cnc1N. The molecule has 0 unspecified atom stereocenters. The van der Waals surface area contributed by atoms with Crippen molar-refractivity contribution in [1.29, 1.82) is 0 Å². The molecule has 3 rings (SSSR count). The molecule has 0 aliphatic rings. The largest absolute Gasteiger partial charge is 0.485 e. The van der Waals surface area contributed by atoms with Crippen molar-refractivity contribution in [1.82, 2.24) is 4.98 Å². The first kappa shape index (κ1) is 21.3. The maximum atomic E-state index is 14.6. The molecule has 0 amide bonds. The van der Waals surface area contributed by atoms with Crippen molar-refractivity contribution in [3.05, 3.63) is 70.4 Å². The average molecular weight is 437 g/mol. The minimum absolute atomic E-state index is 0.0159. The molecule has 0 aliphatic carbocycles. The molecule has 3 aromatic rings. The molecule has 29 heavy (non-hydrogen) atoms. The minimum atomic E-state index is -2.58. The van der Waals surface area contributed by atoms with Crippen LogP contribution in [0.3, 0.4) is 0 Å². The number of hydrogen-bond donors (Lipinski definition) is 1. The topological polar surface area (TPSA) is 65.2 Å². The zero-order valence-electron chi connectivity index (χ0n) is 16.2. The van der Waals surface area contributed by atoms with E-state index in [1.807, 2.05) is 0 Å². The number of benzene rings is 2. The molecule has 0 aliphatic heterocycles. The Balaban J connectivity index is 1.92. The van der Waals surface area contributed by atoms with Crippen molar-refractivity contribution in [2.45, 2.75) is 13.5 Å². The fourth-order valence-corrected chi connectivity index (χ4v) is 3.93. The molecule has 2 aromatic carbocycles. The van der Waals surface area contributed by atoms with Crippen LogP contribution in [-0.4, -0.2) is 18.3 Å². The predicted octanol–water partition coefficient (Wildman–Crippen LogP) is 5.40. The molecule has 1 aromatic heterocycles. The summed E-state index contributed by atoms with van der Waals surface area (Å²) in [5.74, 6) is -0.722. The van der Waals surface area contributed by atoms with Crippen molar-refractivity contribution in [3.63, 3.8) is 0 Å². The van der Waals surface area contributed by atoms with Gasteiger partial charge in [0.05, 0.1) is 5.02 Å². The lowest BCUT2D eigenvalue weighted by atomic mass is 10.1. The number of halogens is 3. The first-order valence-electron chi connectivity index (χ1n) is 8.75. The zero-order valence-corrected chi connectivity index (χ0v) is 17.8. The molecular weight excluding hydrogens is 417 g/mol. The van der Waals surface area contributed by atoms with Gasteiger partial charge in [0.25, 0.3) is 0 Å². The van der Waals surface area contributed by atoms with Crippen LogP contribution in [0, 0.1) is 18.6 Å². The van der Waals surface area contributed by atoms with Gasteiger partial charge >= 0.3 is 0 Å². The quantitative estimate of drug-likeness (QED) is 0.544. The summed E-state index contributed by atoms with van der Waals surface area (Å²) in [6, 6.07) is 8.90. The number of nitrogens with two attached hydrogens (primary N) is 1. The van der Waals surface area contributed by atoms with Crippen LogP contribution in [0.1, 0.15) is 11.1 Å². The summed E-state index contributed by atoms with van der Waals surface area (Å²) in [5, 5.41) is 0.438. The maximum absolute atomic E-state index is 14.6. The number of aromatic nitrogens is 1. The molecule has 0 fully saturated rings. The second kappa shape index (κ2) is 8.13. The molecule has 0 saturated heterocycles. The number of rotatable bonds is 5. The van der Waals surface area contributed by atoms with Crippen LogP contribution in [0.25, 0.3) is 11.1 Å². The molecule has 0 bridgehead atoms. The summed E-state index contributed by atoms with van der Waals surface area (Å²) in [4.78, 5) is 4.07. The van der Waals surface area contributed by atoms with Gasteiger partial charge in [-0.1, -0.05) is 29.8 Å². The number of hydrogen-bond acceptors (Lipinski definition) is 4. The summed E-state index contributed by atoms with van der Waals surface area (Å²) < 4.78 is 46.2. The van der Waals surface area contributed by atoms with Crippen LogP contribution in [-0.2, 0) is 11.2 Å². The maximum Gasteiger partial charge on any atom is 0.166 e. The van der Waals surface area contributed by atoms with E-state index >= 15 is 0 Å². The van der Waals surface area contributed by atoms with Gasteiger partial charge in [0, 0.05) is 28.2 Å². The normalized spacial score (nSPS) is 11.5. The third-order valence-corrected chi connectivity index (χ3v) is 6.50. The van der Waals surface area contributed by atoms with Gasteiger partial charge in [0.2, 0.25) is 0 Å². The van der Waals surface area contributed by atoms with Crippen LogP contribution in [0.2, 0.25) is 5.02 Å². The molecule has 4 nitrogen and oxygen atoms in total. The first-order chi connectivity index (χ1) is 13.6. The number of nitrogen functional groups attached to an aromatic ring is 1. The Bertz CT molecular complexity index is 1130. The van der Waals surface area contributed by atoms with Crippen LogP contribution in [0.15, 0.2) is 42.6 Å². The lowest BCUT2D eigenvalue weighted by Gasteiger charge is -2.14. The Morgan fingerprint density at radius 1 is 1.14 bits per heavy atom. The highest BCUT2D eigenvalue weighted by molar-refractivity contribution is 7.70. The van der Waals surface area contributed by atoms with Crippen molar-refractivity contribution in [2.75, 3.05) is 19.1 Å². The van der Waals surface area contributed by atoms with Gasteiger partial charge in [-0.25, -0.2) is 13.8 Å². The average Bonchev–Trinajstić information content (AvgIpc) is 2.65. The number of nitrogens with zero attached hydrogens (tertiary/aromatic N) is 1. The van der Waals surface area contributed by atoms with Gasteiger partial charge in [-0.2, -0.15) is 0 Å². The smallest absolute Gasteiger partial charge is 0.166 e. The van der Waals surface area contributed by atoms with E-state index in [-0.39, 0.29) is 28.8 Å². The summed E-state index contributed by atoms with van der Waals surface area (Å²) in [5.41, 5.74) is 7.87. The van der Waals surface area contributed by atoms with E-state index in [2.05, 4.69) is 4.98 Å². The van der Waals surface area contributed by atoms with Gasteiger partial charge < -0.3 is 15.0 Å². The van der Waals surface area contributed by atoms with Crippen molar-refractivity contribution >= 4 is 29.9 Å². The van der Waals surface area contributed by atoms with E-state index in [9.17, 15) is 13.3 Å². The summed E-state index contributed by atoms with van der Waals surface area (Å²) in [6.07, 6.45) is 1.43. The van der Waals surface area contributed by atoms with E-state index < -0.39 is 18.8 Å². The molecule has 0 saturated carbocycles.